The van der Waals surface area contributed by atoms with Crippen molar-refractivity contribution in [3.05, 3.63) is 94.0 Å². The standard InChI is InChI=1S/C24H21BrN2O4/c1-16(28)31-21-7-4-6-18(14-21)24(30)26-15-19-5-2-3-8-22(19)27-23(29)13-17-9-11-20(25)12-10-17/h2-12,14H,13,15H2,1H3,(H,26,30)(H,27,29). The van der Waals surface area contributed by atoms with Gasteiger partial charge in [-0.25, -0.2) is 0 Å². The molecule has 6 nitrogen and oxygen atoms in total. The lowest BCUT2D eigenvalue weighted by molar-refractivity contribution is -0.131. The number of rotatable bonds is 7. The number of nitrogens with one attached hydrogen (secondary N) is 2. The van der Waals surface area contributed by atoms with Gasteiger partial charge in [0.05, 0.1) is 6.42 Å². The van der Waals surface area contributed by atoms with Crippen molar-refractivity contribution in [2.24, 2.45) is 0 Å². The number of carbonyl (C=O) groups excluding carboxylic acids is 3. The summed E-state index contributed by atoms with van der Waals surface area (Å²) in [6.07, 6.45) is 0.247. The van der Waals surface area contributed by atoms with Crippen molar-refractivity contribution in [3.63, 3.8) is 0 Å². The van der Waals surface area contributed by atoms with Crippen LogP contribution < -0.4 is 15.4 Å². The van der Waals surface area contributed by atoms with Crippen LogP contribution in [-0.2, 0) is 22.6 Å². The Morgan fingerprint density at radius 2 is 1.68 bits per heavy atom. The van der Waals surface area contributed by atoms with Crippen LogP contribution in [0.1, 0.15) is 28.4 Å². The first kappa shape index (κ1) is 22.2. The van der Waals surface area contributed by atoms with E-state index in [1.165, 1.54) is 13.0 Å². The molecule has 0 aliphatic rings. The molecule has 2 amide bonds. The first-order valence-corrected chi connectivity index (χ1v) is 10.4. The van der Waals surface area contributed by atoms with Crippen LogP contribution in [0.25, 0.3) is 0 Å². The van der Waals surface area contributed by atoms with Crippen molar-refractivity contribution in [2.45, 2.75) is 19.9 Å². The number of anilines is 1. The van der Waals surface area contributed by atoms with Gasteiger partial charge in [0, 0.05) is 29.2 Å². The van der Waals surface area contributed by atoms with E-state index in [2.05, 4.69) is 26.6 Å². The number of ether oxygens (including phenoxy) is 1. The maximum absolute atomic E-state index is 12.5. The summed E-state index contributed by atoms with van der Waals surface area (Å²) in [5.74, 6) is -0.605. The van der Waals surface area contributed by atoms with Gasteiger partial charge in [-0.2, -0.15) is 0 Å². The fourth-order valence-corrected chi connectivity index (χ4v) is 3.19. The maximum Gasteiger partial charge on any atom is 0.308 e. The minimum Gasteiger partial charge on any atom is -0.427 e. The van der Waals surface area contributed by atoms with E-state index in [1.54, 1.807) is 24.3 Å². The summed E-state index contributed by atoms with van der Waals surface area (Å²) in [4.78, 5) is 36.1. The Bertz CT molecular complexity index is 1100. The molecule has 0 aromatic heterocycles. The fourth-order valence-electron chi connectivity index (χ4n) is 2.92. The molecule has 2 N–H and O–H groups in total. The Morgan fingerprint density at radius 1 is 0.935 bits per heavy atom. The van der Waals surface area contributed by atoms with E-state index in [-0.39, 0.29) is 24.8 Å². The van der Waals surface area contributed by atoms with Gasteiger partial charge in [-0.05, 0) is 47.5 Å². The molecule has 3 aromatic rings. The Hall–Kier alpha value is -3.45. The van der Waals surface area contributed by atoms with E-state index >= 15 is 0 Å². The number of esters is 1. The van der Waals surface area contributed by atoms with Gasteiger partial charge in [0.2, 0.25) is 5.91 Å². The number of hydrogen-bond donors (Lipinski definition) is 2. The van der Waals surface area contributed by atoms with Gasteiger partial charge >= 0.3 is 5.97 Å². The van der Waals surface area contributed by atoms with E-state index in [4.69, 9.17) is 4.74 Å². The van der Waals surface area contributed by atoms with E-state index in [9.17, 15) is 14.4 Å². The van der Waals surface area contributed by atoms with Crippen molar-refractivity contribution < 1.29 is 19.1 Å². The molecule has 3 rings (SSSR count). The zero-order valence-corrected chi connectivity index (χ0v) is 18.4. The average Bonchev–Trinajstić information content (AvgIpc) is 2.74. The highest BCUT2D eigenvalue weighted by molar-refractivity contribution is 9.10. The Kier molecular flexibility index (Phi) is 7.56. The van der Waals surface area contributed by atoms with Crippen molar-refractivity contribution >= 4 is 39.4 Å². The van der Waals surface area contributed by atoms with Crippen molar-refractivity contribution in [1.29, 1.82) is 0 Å². The molecule has 0 atom stereocenters. The molecule has 158 valence electrons. The molecule has 0 aliphatic carbocycles. The molecular weight excluding hydrogens is 460 g/mol. The van der Waals surface area contributed by atoms with Crippen molar-refractivity contribution in [2.75, 3.05) is 5.32 Å². The van der Waals surface area contributed by atoms with Gasteiger partial charge in [0.1, 0.15) is 5.75 Å². The zero-order chi connectivity index (χ0) is 22.2. The van der Waals surface area contributed by atoms with Gasteiger partial charge in [0.25, 0.3) is 5.91 Å². The molecule has 0 saturated carbocycles. The Morgan fingerprint density at radius 3 is 2.42 bits per heavy atom. The third-order valence-corrected chi connectivity index (χ3v) is 4.90. The molecule has 31 heavy (non-hydrogen) atoms. The minimum absolute atomic E-state index is 0.143. The molecule has 0 aliphatic heterocycles. The van der Waals surface area contributed by atoms with Crippen LogP contribution in [0.15, 0.2) is 77.3 Å². The Balaban J connectivity index is 1.62. The number of benzene rings is 3. The quantitative estimate of drug-likeness (QED) is 0.385. The monoisotopic (exact) mass is 480 g/mol. The highest BCUT2D eigenvalue weighted by atomic mass is 79.9. The third kappa shape index (κ3) is 6.79. The summed E-state index contributed by atoms with van der Waals surface area (Å²) in [5.41, 5.74) is 2.68. The van der Waals surface area contributed by atoms with Crippen molar-refractivity contribution in [1.82, 2.24) is 5.32 Å². The Labute approximate surface area is 188 Å². The third-order valence-electron chi connectivity index (χ3n) is 4.37. The predicted octanol–water partition coefficient (Wildman–Crippen LogP) is 4.49. The number of amides is 2. The van der Waals surface area contributed by atoms with Crippen LogP contribution in [-0.4, -0.2) is 17.8 Å². The second kappa shape index (κ2) is 10.5. The normalized spacial score (nSPS) is 10.3. The summed E-state index contributed by atoms with van der Waals surface area (Å²) in [5, 5.41) is 5.74. The summed E-state index contributed by atoms with van der Waals surface area (Å²) >= 11 is 3.38. The number of para-hydroxylation sites is 1. The summed E-state index contributed by atoms with van der Waals surface area (Å²) < 4.78 is 5.97. The van der Waals surface area contributed by atoms with Gasteiger partial charge in [0.15, 0.2) is 0 Å². The topological polar surface area (TPSA) is 84.5 Å². The zero-order valence-electron chi connectivity index (χ0n) is 16.9. The van der Waals surface area contributed by atoms with Gasteiger partial charge < -0.3 is 15.4 Å². The molecule has 0 radical (unpaired) electrons. The van der Waals surface area contributed by atoms with Gasteiger partial charge in [-0.15, -0.1) is 0 Å². The molecule has 3 aromatic carbocycles. The summed E-state index contributed by atoms with van der Waals surface area (Å²) in [6, 6.07) is 21.2. The largest absolute Gasteiger partial charge is 0.427 e. The highest BCUT2D eigenvalue weighted by Crippen LogP contribution is 2.18. The second-order valence-corrected chi connectivity index (χ2v) is 7.73. The second-order valence-electron chi connectivity index (χ2n) is 6.81. The summed E-state index contributed by atoms with van der Waals surface area (Å²) in [7, 11) is 0. The first-order chi connectivity index (χ1) is 14.9. The van der Waals surface area contributed by atoms with Crippen LogP contribution in [0.2, 0.25) is 0 Å². The molecule has 0 bridgehead atoms. The fraction of sp³-hybridized carbons (Fsp3) is 0.125. The number of hydrogen-bond acceptors (Lipinski definition) is 4. The maximum atomic E-state index is 12.5. The predicted molar refractivity (Wildman–Crippen MR) is 122 cm³/mol. The van der Waals surface area contributed by atoms with Crippen LogP contribution in [0.5, 0.6) is 5.75 Å². The molecular formula is C24H21BrN2O4. The van der Waals surface area contributed by atoms with Crippen LogP contribution >= 0.6 is 15.9 Å². The van der Waals surface area contributed by atoms with E-state index in [0.29, 0.717) is 17.0 Å². The van der Waals surface area contributed by atoms with Crippen LogP contribution in [0.3, 0.4) is 0 Å². The molecule has 0 saturated heterocycles. The highest BCUT2D eigenvalue weighted by Gasteiger charge is 2.11. The smallest absolute Gasteiger partial charge is 0.308 e. The summed E-state index contributed by atoms with van der Waals surface area (Å²) in [6.45, 7) is 1.53. The molecule has 7 heteroatoms. The first-order valence-electron chi connectivity index (χ1n) is 9.59. The van der Waals surface area contributed by atoms with Crippen molar-refractivity contribution in [3.8, 4) is 5.75 Å². The SMILES string of the molecule is CC(=O)Oc1cccc(C(=O)NCc2ccccc2NC(=O)Cc2ccc(Br)cc2)c1. The molecule has 0 fully saturated rings. The van der Waals surface area contributed by atoms with Gasteiger partial charge in [-0.3, -0.25) is 14.4 Å². The molecule has 0 heterocycles. The lowest BCUT2D eigenvalue weighted by Gasteiger charge is -2.12. The van der Waals surface area contributed by atoms with E-state index < -0.39 is 5.97 Å². The van der Waals surface area contributed by atoms with Crippen LogP contribution in [0.4, 0.5) is 5.69 Å². The lowest BCUT2D eigenvalue weighted by atomic mass is 10.1. The van der Waals surface area contributed by atoms with Gasteiger partial charge in [-0.1, -0.05) is 52.3 Å². The number of carbonyl (C=O) groups is 3. The molecule has 0 unspecified atom stereocenters. The average molecular weight is 481 g/mol. The van der Waals surface area contributed by atoms with E-state index in [0.717, 1.165) is 15.6 Å². The minimum atomic E-state index is -0.453. The van der Waals surface area contributed by atoms with E-state index in [1.807, 2.05) is 42.5 Å². The lowest BCUT2D eigenvalue weighted by Crippen LogP contribution is -2.24. The molecule has 0 spiro atoms. The van der Waals surface area contributed by atoms with Crippen LogP contribution in [0, 0.1) is 0 Å². The number of halogens is 1.